The fraction of sp³-hybridized carbons (Fsp3) is 0.300. The van der Waals surface area contributed by atoms with Gasteiger partial charge < -0.3 is 10.2 Å². The van der Waals surface area contributed by atoms with Gasteiger partial charge in [0.15, 0.2) is 0 Å². The summed E-state index contributed by atoms with van der Waals surface area (Å²) in [6, 6.07) is 10.1. The molecule has 1 N–H and O–H groups in total. The first kappa shape index (κ1) is 19.2. The van der Waals surface area contributed by atoms with Gasteiger partial charge in [-0.1, -0.05) is 17.7 Å². The van der Waals surface area contributed by atoms with E-state index in [9.17, 15) is 14.0 Å². The Labute approximate surface area is 171 Å². The highest BCUT2D eigenvalue weighted by atomic mass is 35.5. The molecule has 2 amide bonds. The zero-order valence-corrected chi connectivity index (χ0v) is 16.7. The number of nitrogens with one attached hydrogen (secondary N) is 1. The molecule has 5 nitrogen and oxygen atoms in total. The summed E-state index contributed by atoms with van der Waals surface area (Å²) in [6.07, 6.45) is 0. The van der Waals surface area contributed by atoms with Crippen molar-refractivity contribution < 1.29 is 14.0 Å². The molecule has 0 bridgehead atoms. The number of amides is 2. The van der Waals surface area contributed by atoms with Crippen molar-refractivity contribution in [2.75, 3.05) is 37.2 Å². The van der Waals surface area contributed by atoms with E-state index in [2.05, 4.69) is 10.2 Å². The van der Waals surface area contributed by atoms with Crippen LogP contribution in [0, 0.1) is 5.82 Å². The van der Waals surface area contributed by atoms with E-state index in [4.69, 9.17) is 11.6 Å². The molecule has 0 aliphatic carbocycles. The van der Waals surface area contributed by atoms with Crippen LogP contribution in [-0.4, -0.2) is 53.5 Å². The average Bonchev–Trinajstić information content (AvgIpc) is 2.70. The Balaban J connectivity index is 1.39. The number of piperazine rings is 1. The smallest absolute Gasteiger partial charge is 0.254 e. The van der Waals surface area contributed by atoms with E-state index in [0.29, 0.717) is 60.3 Å². The van der Waals surface area contributed by atoms with E-state index in [-0.39, 0.29) is 17.6 Å². The number of halogens is 2. The van der Waals surface area contributed by atoms with E-state index in [0.717, 1.165) is 4.90 Å². The first-order chi connectivity index (χ1) is 13.5. The predicted octanol–water partition coefficient (Wildman–Crippen LogP) is 3.48. The van der Waals surface area contributed by atoms with Gasteiger partial charge in [0.1, 0.15) is 5.82 Å². The summed E-state index contributed by atoms with van der Waals surface area (Å²) in [5.41, 5.74) is 1.75. The summed E-state index contributed by atoms with van der Waals surface area (Å²) in [6.45, 7) is 2.84. The molecular formula is C20H19ClFN3O2S. The Kier molecular flexibility index (Phi) is 5.57. The van der Waals surface area contributed by atoms with E-state index >= 15 is 0 Å². The highest BCUT2D eigenvalue weighted by Gasteiger charge is 2.25. The maximum atomic E-state index is 14.0. The summed E-state index contributed by atoms with van der Waals surface area (Å²) in [4.78, 5) is 29.3. The molecule has 0 atom stereocenters. The number of benzene rings is 2. The lowest BCUT2D eigenvalue weighted by atomic mass is 10.1. The molecule has 2 aliphatic heterocycles. The maximum Gasteiger partial charge on any atom is 0.254 e. The molecule has 2 aliphatic rings. The molecule has 2 aromatic rings. The molecule has 0 aromatic heterocycles. The van der Waals surface area contributed by atoms with E-state index in [1.54, 1.807) is 29.2 Å². The van der Waals surface area contributed by atoms with E-state index in [1.165, 1.54) is 17.8 Å². The van der Waals surface area contributed by atoms with E-state index < -0.39 is 0 Å². The molecule has 1 fully saturated rings. The molecule has 0 saturated carbocycles. The van der Waals surface area contributed by atoms with Crippen LogP contribution >= 0.6 is 23.4 Å². The van der Waals surface area contributed by atoms with Gasteiger partial charge in [0.25, 0.3) is 5.91 Å². The van der Waals surface area contributed by atoms with Crippen LogP contribution in [0.25, 0.3) is 0 Å². The lowest BCUT2D eigenvalue weighted by Gasteiger charge is -2.35. The third kappa shape index (κ3) is 4.01. The third-order valence-corrected chi connectivity index (χ3v) is 6.39. The second-order valence-electron chi connectivity index (χ2n) is 6.82. The number of rotatable bonds is 3. The van der Waals surface area contributed by atoms with Crippen molar-refractivity contribution in [3.63, 3.8) is 0 Å². The van der Waals surface area contributed by atoms with Crippen molar-refractivity contribution >= 4 is 40.9 Å². The van der Waals surface area contributed by atoms with Crippen LogP contribution in [0.15, 0.2) is 41.3 Å². The molecule has 2 heterocycles. The molecule has 0 radical (unpaired) electrons. The minimum atomic E-state index is -0.306. The second-order valence-corrected chi connectivity index (χ2v) is 8.24. The Hall–Kier alpha value is -2.09. The number of fused-ring (bicyclic) bond motifs is 1. The summed E-state index contributed by atoms with van der Waals surface area (Å²) < 4.78 is 14.0. The fourth-order valence-electron chi connectivity index (χ4n) is 3.41. The third-order valence-electron chi connectivity index (χ3n) is 4.96. The van der Waals surface area contributed by atoms with Gasteiger partial charge in [0, 0.05) is 53.8 Å². The highest BCUT2D eigenvalue weighted by Crippen LogP contribution is 2.32. The van der Waals surface area contributed by atoms with E-state index in [1.807, 2.05) is 6.07 Å². The zero-order valence-electron chi connectivity index (χ0n) is 15.1. The lowest BCUT2D eigenvalue weighted by molar-refractivity contribution is -0.113. The first-order valence-electron chi connectivity index (χ1n) is 9.02. The van der Waals surface area contributed by atoms with Crippen LogP contribution in [0.4, 0.5) is 10.1 Å². The molecule has 8 heteroatoms. The number of hydrogen-bond donors (Lipinski definition) is 1. The molecule has 1 saturated heterocycles. The minimum absolute atomic E-state index is 0.0532. The molecule has 28 heavy (non-hydrogen) atoms. The molecule has 4 rings (SSSR count). The van der Waals surface area contributed by atoms with Gasteiger partial charge in [-0.2, -0.15) is 0 Å². The van der Waals surface area contributed by atoms with Crippen LogP contribution in [0.3, 0.4) is 0 Å². The Morgan fingerprint density at radius 1 is 1.18 bits per heavy atom. The van der Waals surface area contributed by atoms with Crippen molar-refractivity contribution in [3.8, 4) is 0 Å². The summed E-state index contributed by atoms with van der Waals surface area (Å²) >= 11 is 7.58. The monoisotopic (exact) mass is 419 g/mol. The van der Waals surface area contributed by atoms with Crippen molar-refractivity contribution in [3.05, 3.63) is 58.4 Å². The van der Waals surface area contributed by atoms with Gasteiger partial charge in [-0.15, -0.1) is 11.8 Å². The standard InChI is InChI=1S/C20H19ClFN3O2S/c21-15-2-1-3-16(22)14(15)11-24-6-8-25(9-7-24)20(27)13-4-5-18-17(10-13)23-19(26)12-28-18/h1-5,10H,6-9,11-12H2,(H,23,26). The molecule has 0 spiro atoms. The molecular weight excluding hydrogens is 401 g/mol. The number of thioether (sulfide) groups is 1. The lowest BCUT2D eigenvalue weighted by Crippen LogP contribution is -2.48. The highest BCUT2D eigenvalue weighted by molar-refractivity contribution is 8.00. The topological polar surface area (TPSA) is 52.7 Å². The number of carbonyl (C=O) groups is 2. The molecule has 2 aromatic carbocycles. The summed E-state index contributed by atoms with van der Waals surface area (Å²) in [7, 11) is 0. The Bertz CT molecular complexity index is 911. The Morgan fingerprint density at radius 3 is 2.71 bits per heavy atom. The number of carbonyl (C=O) groups excluding carboxylic acids is 2. The quantitative estimate of drug-likeness (QED) is 0.827. The first-order valence-corrected chi connectivity index (χ1v) is 10.4. The zero-order chi connectivity index (χ0) is 19.7. The fourth-order valence-corrected chi connectivity index (χ4v) is 4.43. The minimum Gasteiger partial charge on any atom is -0.336 e. The largest absolute Gasteiger partial charge is 0.336 e. The van der Waals surface area contributed by atoms with Gasteiger partial charge in [0.2, 0.25) is 5.91 Å². The molecule has 146 valence electrons. The maximum absolute atomic E-state index is 14.0. The predicted molar refractivity (Wildman–Crippen MR) is 108 cm³/mol. The van der Waals surface area contributed by atoms with Crippen molar-refractivity contribution in [1.82, 2.24) is 9.80 Å². The SMILES string of the molecule is O=C1CSc2ccc(C(=O)N3CCN(Cc4c(F)cccc4Cl)CC3)cc2N1. The molecule has 0 unspecified atom stereocenters. The number of anilines is 1. The second kappa shape index (κ2) is 8.11. The average molecular weight is 420 g/mol. The van der Waals surface area contributed by atoms with Crippen LogP contribution < -0.4 is 5.32 Å². The van der Waals surface area contributed by atoms with Gasteiger partial charge in [-0.25, -0.2) is 4.39 Å². The number of nitrogens with zero attached hydrogens (tertiary/aromatic N) is 2. The van der Waals surface area contributed by atoms with Crippen molar-refractivity contribution in [2.45, 2.75) is 11.4 Å². The van der Waals surface area contributed by atoms with Crippen molar-refractivity contribution in [2.24, 2.45) is 0 Å². The van der Waals surface area contributed by atoms with Gasteiger partial charge in [-0.05, 0) is 30.3 Å². The van der Waals surface area contributed by atoms with Crippen LogP contribution in [0.1, 0.15) is 15.9 Å². The summed E-state index contributed by atoms with van der Waals surface area (Å²) in [5, 5.41) is 3.24. The van der Waals surface area contributed by atoms with Crippen LogP contribution in [0.2, 0.25) is 5.02 Å². The normalized spacial score (nSPS) is 17.2. The van der Waals surface area contributed by atoms with Gasteiger partial charge >= 0.3 is 0 Å². The Morgan fingerprint density at radius 2 is 1.96 bits per heavy atom. The number of hydrogen-bond acceptors (Lipinski definition) is 4. The summed E-state index contributed by atoms with van der Waals surface area (Å²) in [5.74, 6) is -0.0208. The van der Waals surface area contributed by atoms with Gasteiger partial charge in [0.05, 0.1) is 11.4 Å². The van der Waals surface area contributed by atoms with Crippen LogP contribution in [0.5, 0.6) is 0 Å². The van der Waals surface area contributed by atoms with Gasteiger partial charge in [-0.3, -0.25) is 14.5 Å². The van der Waals surface area contributed by atoms with Crippen molar-refractivity contribution in [1.29, 1.82) is 0 Å². The van der Waals surface area contributed by atoms with Crippen LogP contribution in [-0.2, 0) is 11.3 Å².